The monoisotopic (exact) mass is 601 g/mol. The van der Waals surface area contributed by atoms with Crippen molar-refractivity contribution in [3.63, 3.8) is 0 Å². The fourth-order valence-corrected chi connectivity index (χ4v) is 4.08. The number of para-hydroxylation sites is 1. The van der Waals surface area contributed by atoms with E-state index >= 15 is 0 Å². The molecule has 2 N–H and O–H groups in total. The summed E-state index contributed by atoms with van der Waals surface area (Å²) in [5.41, 5.74) is 1.93. The van der Waals surface area contributed by atoms with Gasteiger partial charge < -0.3 is 10.6 Å². The Morgan fingerprint density at radius 1 is 1.00 bits per heavy atom. The normalized spacial score (nSPS) is 11.8. The van der Waals surface area contributed by atoms with Crippen molar-refractivity contribution in [2.24, 2.45) is 0 Å². The van der Waals surface area contributed by atoms with E-state index in [4.69, 9.17) is 0 Å². The zero-order valence-electron chi connectivity index (χ0n) is 23.2. The van der Waals surface area contributed by atoms with E-state index in [1.807, 2.05) is 6.07 Å². The number of halogens is 5. The minimum Gasteiger partial charge on any atom is -0.350 e. The van der Waals surface area contributed by atoms with Gasteiger partial charge in [-0.05, 0) is 68.3 Å². The molecule has 11 nitrogen and oxygen atoms in total. The van der Waals surface area contributed by atoms with Gasteiger partial charge in [-0.3, -0.25) is 9.59 Å². The Morgan fingerprint density at radius 2 is 1.70 bits per heavy atom. The molecule has 2 amide bonds. The van der Waals surface area contributed by atoms with Gasteiger partial charge in [0.05, 0.1) is 34.3 Å². The first-order chi connectivity index (χ1) is 20.1. The van der Waals surface area contributed by atoms with E-state index in [9.17, 15) is 36.8 Å². The van der Waals surface area contributed by atoms with Gasteiger partial charge in [0.25, 0.3) is 17.6 Å². The quantitative estimate of drug-likeness (QED) is 0.284. The van der Waals surface area contributed by atoms with Crippen LogP contribution in [0.5, 0.6) is 0 Å². The van der Waals surface area contributed by atoms with Crippen LogP contribution in [-0.2, 0) is 12.5 Å². The highest BCUT2D eigenvalue weighted by atomic mass is 19.4. The number of nitrogens with zero attached hydrogens (tertiary/aromatic N) is 7. The Morgan fingerprint density at radius 3 is 2.33 bits per heavy atom. The van der Waals surface area contributed by atoms with Gasteiger partial charge >= 0.3 is 12.1 Å². The van der Waals surface area contributed by atoms with E-state index in [0.29, 0.717) is 21.6 Å². The first-order valence-electron chi connectivity index (χ1n) is 12.7. The van der Waals surface area contributed by atoms with E-state index < -0.39 is 36.3 Å². The predicted molar refractivity (Wildman–Crippen MR) is 142 cm³/mol. The van der Waals surface area contributed by atoms with Gasteiger partial charge in [0.1, 0.15) is 12.2 Å². The van der Waals surface area contributed by atoms with Crippen LogP contribution in [0.25, 0.3) is 5.69 Å². The summed E-state index contributed by atoms with van der Waals surface area (Å²) in [7, 11) is 0. The molecule has 0 bridgehead atoms. The summed E-state index contributed by atoms with van der Waals surface area (Å²) in [4.78, 5) is 27.1. The number of rotatable bonds is 8. The molecular formula is C27H24F5N9O2. The number of amides is 2. The average Bonchev–Trinajstić information content (AvgIpc) is 3.57. The van der Waals surface area contributed by atoms with Gasteiger partial charge in [-0.1, -0.05) is 18.2 Å². The molecular weight excluding hydrogens is 577 g/mol. The summed E-state index contributed by atoms with van der Waals surface area (Å²) >= 11 is 0. The Balaban J connectivity index is 1.75. The largest absolute Gasteiger partial charge is 0.461 e. The van der Waals surface area contributed by atoms with E-state index in [1.54, 1.807) is 52.0 Å². The van der Waals surface area contributed by atoms with Crippen LogP contribution in [-0.4, -0.2) is 54.0 Å². The molecule has 224 valence electrons. The Hall–Kier alpha value is -5.20. The van der Waals surface area contributed by atoms with Gasteiger partial charge in [0, 0.05) is 6.04 Å². The number of benzene rings is 2. The molecule has 0 spiro atoms. The van der Waals surface area contributed by atoms with E-state index in [1.165, 1.54) is 22.9 Å². The van der Waals surface area contributed by atoms with Crippen LogP contribution in [0, 0.1) is 25.2 Å². The first-order valence-corrected chi connectivity index (χ1v) is 12.7. The van der Waals surface area contributed by atoms with Gasteiger partial charge in [0.15, 0.2) is 0 Å². The number of nitriles is 1. The number of hydrogen-bond donors (Lipinski definition) is 2. The molecule has 0 saturated heterocycles. The zero-order valence-corrected chi connectivity index (χ0v) is 23.2. The molecule has 4 aromatic rings. The lowest BCUT2D eigenvalue weighted by Gasteiger charge is -2.16. The molecule has 43 heavy (non-hydrogen) atoms. The van der Waals surface area contributed by atoms with Crippen LogP contribution < -0.4 is 10.6 Å². The predicted octanol–water partition coefficient (Wildman–Crippen LogP) is 4.44. The molecule has 2 aromatic carbocycles. The molecule has 2 heterocycles. The van der Waals surface area contributed by atoms with Crippen LogP contribution in [0.15, 0.2) is 42.5 Å². The topological polar surface area (TPSA) is 143 Å². The average molecular weight is 602 g/mol. The fraction of sp³-hybridized carbons (Fsp3) is 0.296. The van der Waals surface area contributed by atoms with Crippen LogP contribution in [0.2, 0.25) is 0 Å². The number of anilines is 1. The Kier molecular flexibility index (Phi) is 8.29. The highest BCUT2D eigenvalue weighted by molar-refractivity contribution is 6.09. The highest BCUT2D eigenvalue weighted by Crippen LogP contribution is 2.41. The van der Waals surface area contributed by atoms with Gasteiger partial charge in [-0.25, -0.2) is 4.68 Å². The SMILES string of the molecule is Cc1ccccc1-n1nc(Cn2nnc(C(F)(F)C(F)(F)F)n2)cc1C(=O)Nc1c(C)cc(C#N)cc1C(=O)NC(C)C. The molecule has 0 aliphatic rings. The smallest absolute Gasteiger partial charge is 0.350 e. The minimum absolute atomic E-state index is 0.0296. The summed E-state index contributed by atoms with van der Waals surface area (Å²) in [5.74, 6) is -8.42. The maximum Gasteiger partial charge on any atom is 0.461 e. The summed E-state index contributed by atoms with van der Waals surface area (Å²) in [6.07, 6.45) is -5.92. The van der Waals surface area contributed by atoms with Crippen LogP contribution in [0.4, 0.5) is 27.6 Å². The second kappa shape index (κ2) is 11.6. The van der Waals surface area contributed by atoms with Crippen LogP contribution in [0.1, 0.15) is 62.9 Å². The van der Waals surface area contributed by atoms with Crippen molar-refractivity contribution < 1.29 is 31.5 Å². The third-order valence-corrected chi connectivity index (χ3v) is 6.10. The first kappa shape index (κ1) is 30.8. The molecule has 0 fully saturated rings. The Bertz CT molecular complexity index is 1740. The molecule has 0 unspecified atom stereocenters. The van der Waals surface area contributed by atoms with E-state index in [-0.39, 0.29) is 34.2 Å². The molecule has 4 rings (SSSR count). The lowest BCUT2D eigenvalue weighted by Crippen LogP contribution is -2.35. The Labute approximate surface area is 241 Å². The third-order valence-electron chi connectivity index (χ3n) is 6.10. The molecule has 0 aliphatic carbocycles. The van der Waals surface area contributed by atoms with Crippen molar-refractivity contribution in [3.05, 3.63) is 81.9 Å². The summed E-state index contributed by atoms with van der Waals surface area (Å²) in [6, 6.07) is 12.7. The second-order valence-corrected chi connectivity index (χ2v) is 9.84. The third kappa shape index (κ3) is 6.35. The van der Waals surface area contributed by atoms with Crippen LogP contribution >= 0.6 is 0 Å². The summed E-state index contributed by atoms with van der Waals surface area (Å²) in [6.45, 7) is 6.35. The zero-order chi connectivity index (χ0) is 31.7. The van der Waals surface area contributed by atoms with Crippen molar-refractivity contribution in [2.75, 3.05) is 5.32 Å². The number of tetrazole rings is 1. The number of nitrogens with one attached hydrogen (secondary N) is 2. The molecule has 2 aromatic heterocycles. The minimum atomic E-state index is -5.92. The maximum atomic E-state index is 13.7. The van der Waals surface area contributed by atoms with Crippen molar-refractivity contribution in [1.29, 1.82) is 5.26 Å². The van der Waals surface area contributed by atoms with Crippen LogP contribution in [0.3, 0.4) is 0 Å². The van der Waals surface area contributed by atoms with Crippen molar-refractivity contribution in [1.82, 2.24) is 35.3 Å². The number of carbonyl (C=O) groups excluding carboxylic acids is 2. The van der Waals surface area contributed by atoms with Crippen molar-refractivity contribution in [3.8, 4) is 11.8 Å². The maximum absolute atomic E-state index is 13.7. The summed E-state index contributed by atoms with van der Waals surface area (Å²) < 4.78 is 66.9. The van der Waals surface area contributed by atoms with Crippen molar-refractivity contribution in [2.45, 2.75) is 52.4 Å². The fourth-order valence-electron chi connectivity index (χ4n) is 4.08. The number of carbonyl (C=O) groups is 2. The molecule has 0 radical (unpaired) electrons. The van der Waals surface area contributed by atoms with Crippen molar-refractivity contribution >= 4 is 17.5 Å². The lowest BCUT2D eigenvalue weighted by molar-refractivity contribution is -0.292. The number of aromatic nitrogens is 6. The van der Waals surface area contributed by atoms with E-state index in [0.717, 1.165) is 0 Å². The van der Waals surface area contributed by atoms with Gasteiger partial charge in [0.2, 0.25) is 0 Å². The molecule has 0 atom stereocenters. The molecule has 16 heteroatoms. The van der Waals surface area contributed by atoms with Gasteiger partial charge in [-0.15, -0.1) is 10.2 Å². The molecule has 0 saturated carbocycles. The number of aryl methyl sites for hydroxylation is 2. The summed E-state index contributed by atoms with van der Waals surface area (Å²) in [5, 5.41) is 28.5. The molecule has 0 aliphatic heterocycles. The lowest BCUT2D eigenvalue weighted by atomic mass is 10.0. The number of hydrogen-bond acceptors (Lipinski definition) is 7. The number of alkyl halides is 5. The standard InChI is InChI=1S/C27H24F5N9O2/c1-14(2)34-23(42)19-10-17(12-33)9-16(4)22(19)35-24(43)21-11-18(37-41(21)20-8-6-5-7-15(20)3)13-40-38-25(36-39-40)26(28,29)27(30,31)32/h5-11,14H,13H2,1-4H3,(H,34,42)(H,35,43). The highest BCUT2D eigenvalue weighted by Gasteiger charge is 2.62. The second-order valence-electron chi connectivity index (χ2n) is 9.84. The van der Waals surface area contributed by atoms with Gasteiger partial charge in [-0.2, -0.15) is 37.1 Å². The van der Waals surface area contributed by atoms with E-state index in [2.05, 4.69) is 31.1 Å².